The lowest BCUT2D eigenvalue weighted by Gasteiger charge is -2.27. The molecule has 4 rings (SSSR count). The first kappa shape index (κ1) is 13.1. The van der Waals surface area contributed by atoms with Gasteiger partial charge in [-0.25, -0.2) is 0 Å². The molecule has 1 saturated carbocycles. The van der Waals surface area contributed by atoms with Crippen LogP contribution in [-0.2, 0) is 6.42 Å². The Hall–Kier alpha value is -1.60. The topological polar surface area (TPSA) is 26.0 Å². The van der Waals surface area contributed by atoms with E-state index in [4.69, 9.17) is 5.73 Å². The summed E-state index contributed by atoms with van der Waals surface area (Å²) in [5, 5.41) is 0. The first-order valence-electron chi connectivity index (χ1n) is 8.26. The van der Waals surface area contributed by atoms with E-state index >= 15 is 0 Å². The average molecular weight is 277 g/mol. The van der Waals surface area contributed by atoms with E-state index in [1.165, 1.54) is 54.4 Å². The predicted octanol–water partition coefficient (Wildman–Crippen LogP) is 4.68. The van der Waals surface area contributed by atoms with Crippen molar-refractivity contribution >= 4 is 0 Å². The molecule has 0 saturated heterocycles. The second-order valence-electron chi connectivity index (χ2n) is 6.66. The third-order valence-electron chi connectivity index (χ3n) is 5.51. The summed E-state index contributed by atoms with van der Waals surface area (Å²) >= 11 is 0. The molecule has 1 fully saturated rings. The second kappa shape index (κ2) is 5.31. The van der Waals surface area contributed by atoms with Crippen LogP contribution in [0, 0.1) is 0 Å². The molecule has 0 spiro atoms. The van der Waals surface area contributed by atoms with Crippen LogP contribution < -0.4 is 5.73 Å². The van der Waals surface area contributed by atoms with Crippen LogP contribution in [0.15, 0.2) is 48.5 Å². The van der Waals surface area contributed by atoms with Gasteiger partial charge in [-0.1, -0.05) is 55.0 Å². The van der Waals surface area contributed by atoms with Gasteiger partial charge in [-0.05, 0) is 53.9 Å². The Morgan fingerprint density at radius 3 is 2.38 bits per heavy atom. The van der Waals surface area contributed by atoms with Crippen molar-refractivity contribution in [3.8, 4) is 0 Å². The van der Waals surface area contributed by atoms with Gasteiger partial charge in [-0.3, -0.25) is 0 Å². The van der Waals surface area contributed by atoms with E-state index in [2.05, 4.69) is 48.5 Å². The maximum absolute atomic E-state index is 6.59. The van der Waals surface area contributed by atoms with E-state index < -0.39 is 0 Å². The van der Waals surface area contributed by atoms with Crippen LogP contribution in [0.5, 0.6) is 0 Å². The maximum atomic E-state index is 6.59. The zero-order valence-corrected chi connectivity index (χ0v) is 12.5. The Bertz CT molecular complexity index is 625. The summed E-state index contributed by atoms with van der Waals surface area (Å²) in [5.74, 6) is 1.29. The summed E-state index contributed by atoms with van der Waals surface area (Å²) in [5.41, 5.74) is 12.3. The predicted molar refractivity (Wildman–Crippen MR) is 87.5 cm³/mol. The minimum absolute atomic E-state index is 0.129. The zero-order valence-electron chi connectivity index (χ0n) is 12.5. The molecule has 2 atom stereocenters. The molecule has 108 valence electrons. The molecule has 21 heavy (non-hydrogen) atoms. The molecule has 2 aliphatic carbocycles. The normalized spacial score (nSPS) is 22.6. The third kappa shape index (κ3) is 2.30. The molecule has 0 aliphatic heterocycles. The maximum Gasteiger partial charge on any atom is 0.0364 e. The fourth-order valence-electron chi connectivity index (χ4n) is 3.93. The molecule has 2 aromatic carbocycles. The second-order valence-corrected chi connectivity index (χ2v) is 6.66. The van der Waals surface area contributed by atoms with E-state index in [0.717, 1.165) is 5.92 Å². The van der Waals surface area contributed by atoms with Crippen molar-refractivity contribution in [1.82, 2.24) is 0 Å². The molecular weight excluding hydrogens is 254 g/mol. The molecule has 2 aromatic rings. The van der Waals surface area contributed by atoms with Gasteiger partial charge in [-0.15, -0.1) is 0 Å². The van der Waals surface area contributed by atoms with Crippen LogP contribution in [0.25, 0.3) is 0 Å². The molecule has 0 aromatic heterocycles. The summed E-state index contributed by atoms with van der Waals surface area (Å²) in [6.07, 6.45) is 6.48. The molecule has 0 heterocycles. The number of rotatable bonds is 3. The Morgan fingerprint density at radius 1 is 0.905 bits per heavy atom. The Morgan fingerprint density at radius 2 is 1.67 bits per heavy atom. The molecule has 0 radical (unpaired) electrons. The van der Waals surface area contributed by atoms with Gasteiger partial charge in [0.05, 0.1) is 0 Å². The first-order valence-corrected chi connectivity index (χ1v) is 8.26. The molecule has 2 unspecified atom stereocenters. The number of hydrogen-bond donors (Lipinski definition) is 1. The minimum atomic E-state index is 0.129. The monoisotopic (exact) mass is 277 g/mol. The summed E-state index contributed by atoms with van der Waals surface area (Å²) in [6, 6.07) is 18.1. The van der Waals surface area contributed by atoms with E-state index in [0.29, 0.717) is 5.92 Å². The first-order chi connectivity index (χ1) is 10.3. The highest BCUT2D eigenvalue weighted by Crippen LogP contribution is 2.41. The SMILES string of the molecule is NC(c1ccc(C2CCC2)cc1)C1CCc2ccccc21. The van der Waals surface area contributed by atoms with E-state index in [-0.39, 0.29) is 6.04 Å². The van der Waals surface area contributed by atoms with Gasteiger partial charge in [0.1, 0.15) is 0 Å². The van der Waals surface area contributed by atoms with Crippen molar-refractivity contribution in [3.05, 3.63) is 70.8 Å². The van der Waals surface area contributed by atoms with Gasteiger partial charge in [0.25, 0.3) is 0 Å². The quantitative estimate of drug-likeness (QED) is 0.865. The lowest BCUT2D eigenvalue weighted by atomic mass is 9.79. The third-order valence-corrected chi connectivity index (χ3v) is 5.51. The van der Waals surface area contributed by atoms with Gasteiger partial charge < -0.3 is 5.73 Å². The minimum Gasteiger partial charge on any atom is -0.323 e. The molecule has 2 aliphatic rings. The molecule has 0 amide bonds. The van der Waals surface area contributed by atoms with Gasteiger partial charge in [0.15, 0.2) is 0 Å². The fraction of sp³-hybridized carbons (Fsp3) is 0.400. The summed E-state index contributed by atoms with van der Waals surface area (Å²) in [7, 11) is 0. The standard InChI is InChI=1S/C20H23N/c21-20(19-13-12-16-4-1-2-7-18(16)19)17-10-8-15(9-11-17)14-5-3-6-14/h1-2,4,7-11,14,19-20H,3,5-6,12-13,21H2. The molecule has 1 nitrogen and oxygen atoms in total. The van der Waals surface area contributed by atoms with Crippen molar-refractivity contribution < 1.29 is 0 Å². The van der Waals surface area contributed by atoms with Gasteiger partial charge >= 0.3 is 0 Å². The van der Waals surface area contributed by atoms with Crippen molar-refractivity contribution in [2.45, 2.75) is 50.0 Å². The van der Waals surface area contributed by atoms with Gasteiger partial charge in [0, 0.05) is 12.0 Å². The highest BCUT2D eigenvalue weighted by atomic mass is 14.7. The number of fused-ring (bicyclic) bond motifs is 1. The largest absolute Gasteiger partial charge is 0.323 e. The van der Waals surface area contributed by atoms with Crippen molar-refractivity contribution in [2.75, 3.05) is 0 Å². The van der Waals surface area contributed by atoms with Crippen LogP contribution in [0.3, 0.4) is 0 Å². The molecular formula is C20H23N. The van der Waals surface area contributed by atoms with Crippen LogP contribution >= 0.6 is 0 Å². The van der Waals surface area contributed by atoms with Gasteiger partial charge in [0.2, 0.25) is 0 Å². The number of benzene rings is 2. The van der Waals surface area contributed by atoms with Crippen molar-refractivity contribution in [2.24, 2.45) is 5.73 Å². The van der Waals surface area contributed by atoms with Crippen LogP contribution in [-0.4, -0.2) is 0 Å². The number of nitrogens with two attached hydrogens (primary N) is 1. The summed E-state index contributed by atoms with van der Waals surface area (Å²) < 4.78 is 0. The van der Waals surface area contributed by atoms with Crippen LogP contribution in [0.2, 0.25) is 0 Å². The van der Waals surface area contributed by atoms with Crippen molar-refractivity contribution in [1.29, 1.82) is 0 Å². The Balaban J connectivity index is 1.56. The zero-order chi connectivity index (χ0) is 14.2. The highest BCUT2D eigenvalue weighted by molar-refractivity contribution is 5.39. The Labute approximate surface area is 127 Å². The van der Waals surface area contributed by atoms with E-state index in [9.17, 15) is 0 Å². The Kier molecular flexibility index (Phi) is 3.31. The summed E-state index contributed by atoms with van der Waals surface area (Å²) in [4.78, 5) is 0. The molecule has 2 N–H and O–H groups in total. The molecule has 0 bridgehead atoms. The van der Waals surface area contributed by atoms with Crippen LogP contribution in [0.1, 0.15) is 65.8 Å². The average Bonchev–Trinajstić information content (AvgIpc) is 2.89. The highest BCUT2D eigenvalue weighted by Gasteiger charge is 2.28. The number of aryl methyl sites for hydroxylation is 1. The lowest BCUT2D eigenvalue weighted by Crippen LogP contribution is -2.18. The lowest BCUT2D eigenvalue weighted by molar-refractivity contribution is 0.419. The molecule has 1 heteroatoms. The van der Waals surface area contributed by atoms with Gasteiger partial charge in [-0.2, -0.15) is 0 Å². The van der Waals surface area contributed by atoms with Crippen LogP contribution in [0.4, 0.5) is 0 Å². The smallest absolute Gasteiger partial charge is 0.0364 e. The van der Waals surface area contributed by atoms with E-state index in [1.54, 1.807) is 0 Å². The number of hydrogen-bond acceptors (Lipinski definition) is 1. The fourth-order valence-corrected chi connectivity index (χ4v) is 3.93. The summed E-state index contributed by atoms with van der Waals surface area (Å²) in [6.45, 7) is 0. The van der Waals surface area contributed by atoms with E-state index in [1.807, 2.05) is 0 Å². The van der Waals surface area contributed by atoms with Crippen molar-refractivity contribution in [3.63, 3.8) is 0 Å².